The Morgan fingerprint density at radius 3 is 2.17 bits per heavy atom. The molecule has 4 heteroatoms. The van der Waals surface area contributed by atoms with E-state index in [-0.39, 0.29) is 24.0 Å². The predicted molar refractivity (Wildman–Crippen MR) is 68.5 cm³/mol. The summed E-state index contributed by atoms with van der Waals surface area (Å²) >= 11 is 0. The highest BCUT2D eigenvalue weighted by molar-refractivity contribution is 5.47. The van der Waals surface area contributed by atoms with Crippen LogP contribution in [0.4, 0.5) is 0 Å². The molecule has 1 aromatic rings. The zero-order chi connectivity index (χ0) is 12.5. The molecule has 0 radical (unpaired) electrons. The average molecular weight is 363 g/mol. The van der Waals surface area contributed by atoms with Gasteiger partial charge in [-0.1, -0.05) is 0 Å². The highest BCUT2D eigenvalue weighted by atomic mass is 127. The van der Waals surface area contributed by atoms with E-state index in [0.29, 0.717) is 0 Å². The van der Waals surface area contributed by atoms with Gasteiger partial charge >= 0.3 is 0 Å². The van der Waals surface area contributed by atoms with Gasteiger partial charge in [0.15, 0.2) is 11.5 Å². The Kier molecular flexibility index (Phi) is 5.28. The van der Waals surface area contributed by atoms with Crippen molar-refractivity contribution in [3.8, 4) is 11.5 Å². The van der Waals surface area contributed by atoms with E-state index in [1.54, 1.807) is 14.2 Å². The van der Waals surface area contributed by atoms with Crippen LogP contribution in [-0.2, 0) is 13.0 Å². The number of rotatable bonds is 3. The molecule has 0 saturated heterocycles. The minimum Gasteiger partial charge on any atom is -1.00 e. The highest BCUT2D eigenvalue weighted by Crippen LogP contribution is 2.34. The van der Waals surface area contributed by atoms with Gasteiger partial charge in [0.05, 0.1) is 34.4 Å². The third kappa shape index (κ3) is 2.91. The maximum Gasteiger partial charge on any atom is 0.161 e. The van der Waals surface area contributed by atoms with Gasteiger partial charge in [0.25, 0.3) is 0 Å². The van der Waals surface area contributed by atoms with Crippen LogP contribution >= 0.6 is 0 Å². The van der Waals surface area contributed by atoms with Gasteiger partial charge in [0.1, 0.15) is 6.54 Å². The molecular formula is C14H22INO2. The predicted octanol–water partition coefficient (Wildman–Crippen LogP) is -0.770. The van der Waals surface area contributed by atoms with Crippen LogP contribution in [0, 0.1) is 0 Å². The van der Waals surface area contributed by atoms with Gasteiger partial charge in [0, 0.05) is 12.0 Å². The normalized spacial score (nSPS) is 21.8. The number of halogens is 1. The molecular weight excluding hydrogens is 341 g/mol. The monoisotopic (exact) mass is 363 g/mol. The Labute approximate surface area is 127 Å². The molecule has 0 aliphatic carbocycles. The first-order chi connectivity index (χ1) is 8.11. The van der Waals surface area contributed by atoms with Crippen molar-refractivity contribution in [1.82, 2.24) is 0 Å². The molecule has 102 valence electrons. The Morgan fingerprint density at radius 2 is 1.67 bits per heavy atom. The summed E-state index contributed by atoms with van der Waals surface area (Å²) in [6, 6.07) is 4.27. The third-order valence-corrected chi connectivity index (χ3v) is 3.94. The van der Waals surface area contributed by atoms with Crippen molar-refractivity contribution in [3.63, 3.8) is 0 Å². The maximum atomic E-state index is 5.37. The zero-order valence-electron chi connectivity index (χ0n) is 11.6. The Morgan fingerprint density at radius 1 is 1.11 bits per heavy atom. The first kappa shape index (κ1) is 15.6. The summed E-state index contributed by atoms with van der Waals surface area (Å²) < 4.78 is 11.8. The van der Waals surface area contributed by atoms with Gasteiger partial charge in [-0.15, -0.1) is 0 Å². The van der Waals surface area contributed by atoms with Crippen LogP contribution in [0.3, 0.4) is 0 Å². The van der Waals surface area contributed by atoms with Crippen molar-refractivity contribution in [3.05, 3.63) is 23.3 Å². The van der Waals surface area contributed by atoms with Crippen molar-refractivity contribution in [1.29, 1.82) is 0 Å². The molecule has 0 bridgehead atoms. The molecule has 2 rings (SSSR count). The highest BCUT2D eigenvalue weighted by Gasteiger charge is 2.28. The SMILES string of the molecule is CC[N+]1(C)CCc2cc(OC)c(OC)cc2C1.[I-]. The fourth-order valence-electron chi connectivity index (χ4n) is 2.49. The van der Waals surface area contributed by atoms with E-state index in [1.165, 1.54) is 24.2 Å². The van der Waals surface area contributed by atoms with Gasteiger partial charge < -0.3 is 37.9 Å². The standard InChI is InChI=1S/C14H22NO2.HI/c1-5-15(2)7-6-11-8-13(16-3)14(17-4)9-12(11)10-15;/h8-9H,5-7,10H2,1-4H3;1H/q+1;/p-1. The number of benzene rings is 1. The van der Waals surface area contributed by atoms with Gasteiger partial charge in [0.2, 0.25) is 0 Å². The van der Waals surface area contributed by atoms with E-state index in [2.05, 4.69) is 26.1 Å². The number of quaternary nitrogens is 1. The number of likely N-dealkylation sites (N-methyl/N-ethyl adjacent to an activating group) is 1. The van der Waals surface area contributed by atoms with E-state index in [4.69, 9.17) is 9.47 Å². The van der Waals surface area contributed by atoms with E-state index in [0.717, 1.165) is 28.9 Å². The molecule has 0 spiro atoms. The summed E-state index contributed by atoms with van der Waals surface area (Å²) in [4.78, 5) is 0. The largest absolute Gasteiger partial charge is 1.00 e. The molecule has 0 aromatic heterocycles. The molecule has 0 saturated carbocycles. The van der Waals surface area contributed by atoms with Crippen LogP contribution < -0.4 is 33.5 Å². The van der Waals surface area contributed by atoms with Crippen molar-refractivity contribution >= 4 is 0 Å². The van der Waals surface area contributed by atoms with Gasteiger partial charge in [-0.25, -0.2) is 0 Å². The quantitative estimate of drug-likeness (QED) is 0.519. The number of fused-ring (bicyclic) bond motifs is 1. The number of ether oxygens (including phenoxy) is 2. The van der Waals surface area contributed by atoms with Crippen LogP contribution in [0.5, 0.6) is 11.5 Å². The first-order valence-electron chi connectivity index (χ1n) is 6.19. The second-order valence-electron chi connectivity index (χ2n) is 5.04. The van der Waals surface area contributed by atoms with Crippen molar-refractivity contribution < 1.29 is 37.9 Å². The summed E-state index contributed by atoms with van der Waals surface area (Å²) in [6.45, 7) is 5.73. The Balaban J connectivity index is 0.00000162. The summed E-state index contributed by atoms with van der Waals surface area (Å²) in [5.74, 6) is 1.69. The lowest BCUT2D eigenvalue weighted by Gasteiger charge is -2.38. The lowest BCUT2D eigenvalue weighted by Crippen LogP contribution is -3.00. The van der Waals surface area contributed by atoms with Gasteiger partial charge in [-0.2, -0.15) is 0 Å². The molecule has 1 unspecified atom stereocenters. The molecule has 1 aliphatic heterocycles. The smallest absolute Gasteiger partial charge is 0.161 e. The number of methoxy groups -OCH3 is 2. The molecule has 1 aromatic carbocycles. The van der Waals surface area contributed by atoms with Crippen molar-refractivity contribution in [2.24, 2.45) is 0 Å². The van der Waals surface area contributed by atoms with Gasteiger partial charge in [-0.05, 0) is 24.6 Å². The van der Waals surface area contributed by atoms with E-state index in [9.17, 15) is 0 Å². The molecule has 1 aliphatic rings. The van der Waals surface area contributed by atoms with E-state index in [1.807, 2.05) is 0 Å². The summed E-state index contributed by atoms with van der Waals surface area (Å²) in [6.07, 6.45) is 1.13. The summed E-state index contributed by atoms with van der Waals surface area (Å²) in [7, 11) is 5.71. The fourth-order valence-corrected chi connectivity index (χ4v) is 2.49. The van der Waals surface area contributed by atoms with E-state index < -0.39 is 0 Å². The Bertz CT molecular complexity index is 423. The molecule has 0 amide bonds. The summed E-state index contributed by atoms with van der Waals surface area (Å²) in [5, 5.41) is 0. The van der Waals surface area contributed by atoms with Crippen molar-refractivity contribution in [2.45, 2.75) is 19.9 Å². The van der Waals surface area contributed by atoms with Crippen LogP contribution in [0.1, 0.15) is 18.1 Å². The van der Waals surface area contributed by atoms with Crippen LogP contribution in [0.15, 0.2) is 12.1 Å². The molecule has 18 heavy (non-hydrogen) atoms. The summed E-state index contributed by atoms with van der Waals surface area (Å²) in [5.41, 5.74) is 2.81. The number of hydrogen-bond acceptors (Lipinski definition) is 2. The van der Waals surface area contributed by atoms with Crippen molar-refractivity contribution in [2.75, 3.05) is 34.4 Å². The Hall–Kier alpha value is -0.490. The fraction of sp³-hybridized carbons (Fsp3) is 0.571. The molecule has 1 heterocycles. The average Bonchev–Trinajstić information content (AvgIpc) is 2.37. The topological polar surface area (TPSA) is 18.5 Å². The minimum atomic E-state index is 0. The zero-order valence-corrected chi connectivity index (χ0v) is 13.8. The molecule has 3 nitrogen and oxygen atoms in total. The lowest BCUT2D eigenvalue weighted by atomic mass is 9.97. The van der Waals surface area contributed by atoms with Crippen LogP contribution in [-0.4, -0.2) is 38.8 Å². The third-order valence-electron chi connectivity index (χ3n) is 3.94. The molecule has 1 atom stereocenters. The first-order valence-corrected chi connectivity index (χ1v) is 6.19. The second kappa shape index (κ2) is 6.10. The maximum absolute atomic E-state index is 5.37. The molecule has 0 fully saturated rings. The van der Waals surface area contributed by atoms with E-state index >= 15 is 0 Å². The lowest BCUT2D eigenvalue weighted by molar-refractivity contribution is -0.922. The number of hydrogen-bond donors (Lipinski definition) is 0. The molecule has 0 N–H and O–H groups in total. The van der Waals surface area contributed by atoms with Crippen LogP contribution in [0.25, 0.3) is 0 Å². The minimum absolute atomic E-state index is 0. The van der Waals surface area contributed by atoms with Crippen LogP contribution in [0.2, 0.25) is 0 Å². The van der Waals surface area contributed by atoms with Gasteiger partial charge in [-0.3, -0.25) is 0 Å². The second-order valence-corrected chi connectivity index (χ2v) is 5.04. The number of nitrogens with zero attached hydrogens (tertiary/aromatic N) is 1.